The third-order valence-corrected chi connectivity index (χ3v) is 3.93. The summed E-state index contributed by atoms with van der Waals surface area (Å²) in [5, 5.41) is 3.41. The van der Waals surface area contributed by atoms with Crippen LogP contribution in [0.1, 0.15) is 55.3 Å². The molecule has 1 N–H and O–H groups in total. The summed E-state index contributed by atoms with van der Waals surface area (Å²) < 4.78 is 0. The first kappa shape index (κ1) is 10.2. The molecule has 0 spiro atoms. The van der Waals surface area contributed by atoms with E-state index in [1.807, 2.05) is 0 Å². The number of aromatic nitrogens is 2. The molecule has 2 aliphatic rings. The van der Waals surface area contributed by atoms with Crippen molar-refractivity contribution in [3.8, 4) is 0 Å². The second kappa shape index (κ2) is 4.50. The lowest BCUT2D eigenvalue weighted by molar-refractivity contribution is 0.414. The quantitative estimate of drug-likeness (QED) is 0.825. The third kappa shape index (κ3) is 1.96. The lowest BCUT2D eigenvalue weighted by Gasteiger charge is -2.26. The van der Waals surface area contributed by atoms with E-state index in [9.17, 15) is 0 Å². The Kier molecular flexibility index (Phi) is 2.87. The second-order valence-corrected chi connectivity index (χ2v) is 5.05. The van der Waals surface area contributed by atoms with Gasteiger partial charge in [0.2, 0.25) is 0 Å². The van der Waals surface area contributed by atoms with Crippen LogP contribution >= 0.6 is 0 Å². The minimum Gasteiger partial charge on any atom is -0.316 e. The Morgan fingerprint density at radius 2 is 1.75 bits per heavy atom. The molecule has 1 aromatic heterocycles. The fraction of sp³-hybridized carbons (Fsp3) is 0.692. The van der Waals surface area contributed by atoms with Crippen LogP contribution in [0.4, 0.5) is 0 Å². The molecule has 0 radical (unpaired) electrons. The van der Waals surface area contributed by atoms with Crippen molar-refractivity contribution in [2.45, 2.75) is 43.9 Å². The Bertz CT molecular complexity index is 337. The first-order valence-electron chi connectivity index (χ1n) is 6.46. The first-order chi connectivity index (χ1) is 7.93. The van der Waals surface area contributed by atoms with E-state index in [1.54, 1.807) is 0 Å². The van der Waals surface area contributed by atoms with Gasteiger partial charge in [-0.05, 0) is 43.7 Å². The van der Waals surface area contributed by atoms with Crippen LogP contribution in [0.5, 0.6) is 0 Å². The topological polar surface area (TPSA) is 37.8 Å². The predicted molar refractivity (Wildman–Crippen MR) is 63.5 cm³/mol. The van der Waals surface area contributed by atoms with Crippen LogP contribution in [0.25, 0.3) is 0 Å². The van der Waals surface area contributed by atoms with E-state index in [2.05, 4.69) is 27.7 Å². The highest BCUT2D eigenvalue weighted by atomic mass is 14.9. The average molecular weight is 217 g/mol. The molecule has 0 amide bonds. The van der Waals surface area contributed by atoms with Gasteiger partial charge in [-0.1, -0.05) is 6.42 Å². The molecule has 1 aliphatic heterocycles. The zero-order valence-electron chi connectivity index (χ0n) is 9.65. The Hall–Kier alpha value is -0.960. The lowest BCUT2D eigenvalue weighted by Crippen LogP contribution is -2.29. The number of hydrogen-bond donors (Lipinski definition) is 1. The van der Waals surface area contributed by atoms with E-state index in [4.69, 9.17) is 0 Å². The summed E-state index contributed by atoms with van der Waals surface area (Å²) in [6, 6.07) is 0. The van der Waals surface area contributed by atoms with Gasteiger partial charge < -0.3 is 5.32 Å². The fourth-order valence-electron chi connectivity index (χ4n) is 2.58. The highest BCUT2D eigenvalue weighted by Crippen LogP contribution is 2.35. The molecule has 3 heteroatoms. The molecule has 0 bridgehead atoms. The second-order valence-electron chi connectivity index (χ2n) is 5.05. The van der Waals surface area contributed by atoms with Crippen molar-refractivity contribution >= 4 is 0 Å². The van der Waals surface area contributed by atoms with Crippen molar-refractivity contribution in [2.24, 2.45) is 0 Å². The highest BCUT2D eigenvalue weighted by Gasteiger charge is 2.21. The van der Waals surface area contributed by atoms with Crippen LogP contribution in [0.2, 0.25) is 0 Å². The van der Waals surface area contributed by atoms with Crippen molar-refractivity contribution in [3.63, 3.8) is 0 Å². The molecule has 2 fully saturated rings. The minimum atomic E-state index is 0.532. The summed E-state index contributed by atoms with van der Waals surface area (Å²) in [5.74, 6) is 2.32. The fourth-order valence-corrected chi connectivity index (χ4v) is 2.58. The van der Waals surface area contributed by atoms with Crippen LogP contribution < -0.4 is 5.32 Å². The van der Waals surface area contributed by atoms with Crippen LogP contribution in [0, 0.1) is 0 Å². The molecular weight excluding hydrogens is 198 g/mol. The Labute approximate surface area is 96.7 Å². The van der Waals surface area contributed by atoms with E-state index in [1.165, 1.54) is 37.7 Å². The van der Waals surface area contributed by atoms with Crippen LogP contribution in [0.3, 0.4) is 0 Å². The molecule has 3 nitrogen and oxygen atoms in total. The molecule has 2 heterocycles. The molecule has 1 saturated carbocycles. The normalized spacial score (nSPS) is 26.4. The summed E-state index contributed by atoms with van der Waals surface area (Å²) in [4.78, 5) is 9.11. The number of nitrogens with zero attached hydrogens (tertiary/aromatic N) is 2. The lowest BCUT2D eigenvalue weighted by atomic mass is 9.81. The molecule has 1 unspecified atom stereocenters. The summed E-state index contributed by atoms with van der Waals surface area (Å²) in [5.41, 5.74) is 1.35. The number of piperidine rings is 1. The van der Waals surface area contributed by atoms with Gasteiger partial charge in [0.1, 0.15) is 5.82 Å². The van der Waals surface area contributed by atoms with Crippen LogP contribution in [-0.2, 0) is 0 Å². The van der Waals surface area contributed by atoms with Gasteiger partial charge in [0.05, 0.1) is 0 Å². The summed E-state index contributed by atoms with van der Waals surface area (Å²) in [6.45, 7) is 2.19. The first-order valence-corrected chi connectivity index (χ1v) is 6.46. The smallest absolute Gasteiger partial charge is 0.132 e. The maximum Gasteiger partial charge on any atom is 0.132 e. The minimum absolute atomic E-state index is 0.532. The third-order valence-electron chi connectivity index (χ3n) is 3.93. The van der Waals surface area contributed by atoms with Crippen molar-refractivity contribution < 1.29 is 0 Å². The molecule has 1 aliphatic carbocycles. The number of rotatable bonds is 2. The van der Waals surface area contributed by atoms with E-state index >= 15 is 0 Å². The SMILES string of the molecule is c1nc(C2CCCNC2)ncc1C1CCC1. The van der Waals surface area contributed by atoms with Crippen LogP contribution in [-0.4, -0.2) is 23.1 Å². The number of nitrogens with one attached hydrogen (secondary N) is 1. The standard InChI is InChI=1S/C13H19N3/c1-3-10(4-1)12-8-15-13(16-9-12)11-5-2-6-14-7-11/h8-11,14H,1-7H2. The van der Waals surface area contributed by atoms with E-state index in [0.717, 1.165) is 24.8 Å². The molecular formula is C13H19N3. The van der Waals surface area contributed by atoms with E-state index in [-0.39, 0.29) is 0 Å². The molecule has 16 heavy (non-hydrogen) atoms. The van der Waals surface area contributed by atoms with Crippen LogP contribution in [0.15, 0.2) is 12.4 Å². The largest absolute Gasteiger partial charge is 0.316 e. The zero-order chi connectivity index (χ0) is 10.8. The summed E-state index contributed by atoms with van der Waals surface area (Å²) >= 11 is 0. The van der Waals surface area contributed by atoms with Gasteiger partial charge in [-0.3, -0.25) is 0 Å². The molecule has 0 aromatic carbocycles. The monoisotopic (exact) mass is 217 g/mol. The molecule has 3 rings (SSSR count). The highest BCUT2D eigenvalue weighted by molar-refractivity contribution is 5.15. The average Bonchev–Trinajstić information content (AvgIpc) is 2.29. The van der Waals surface area contributed by atoms with Gasteiger partial charge in [0.25, 0.3) is 0 Å². The van der Waals surface area contributed by atoms with Crippen molar-refractivity contribution in [1.82, 2.24) is 15.3 Å². The maximum absolute atomic E-state index is 4.55. The summed E-state index contributed by atoms with van der Waals surface area (Å²) in [7, 11) is 0. The van der Waals surface area contributed by atoms with Gasteiger partial charge in [-0.15, -0.1) is 0 Å². The van der Waals surface area contributed by atoms with Crippen molar-refractivity contribution in [1.29, 1.82) is 0 Å². The van der Waals surface area contributed by atoms with Gasteiger partial charge in [0.15, 0.2) is 0 Å². The van der Waals surface area contributed by atoms with Gasteiger partial charge in [0, 0.05) is 24.9 Å². The van der Waals surface area contributed by atoms with Gasteiger partial charge >= 0.3 is 0 Å². The number of hydrogen-bond acceptors (Lipinski definition) is 3. The zero-order valence-corrected chi connectivity index (χ0v) is 9.65. The summed E-state index contributed by atoms with van der Waals surface area (Å²) in [6.07, 6.45) is 10.6. The van der Waals surface area contributed by atoms with Crippen molar-refractivity contribution in [3.05, 3.63) is 23.8 Å². The molecule has 1 aromatic rings. The Morgan fingerprint density at radius 1 is 1.00 bits per heavy atom. The molecule has 86 valence electrons. The maximum atomic E-state index is 4.55. The Balaban J connectivity index is 1.70. The molecule has 1 saturated heterocycles. The molecule has 1 atom stereocenters. The Morgan fingerprint density at radius 3 is 2.31 bits per heavy atom. The van der Waals surface area contributed by atoms with Gasteiger partial charge in [-0.25, -0.2) is 9.97 Å². The van der Waals surface area contributed by atoms with E-state index in [0.29, 0.717) is 5.92 Å². The van der Waals surface area contributed by atoms with E-state index < -0.39 is 0 Å². The predicted octanol–water partition coefficient (Wildman–Crippen LogP) is 2.21. The van der Waals surface area contributed by atoms with Crippen molar-refractivity contribution in [2.75, 3.05) is 13.1 Å². The van der Waals surface area contributed by atoms with Gasteiger partial charge in [-0.2, -0.15) is 0 Å².